The van der Waals surface area contributed by atoms with Crippen LogP contribution in [0, 0.1) is 0 Å². The van der Waals surface area contributed by atoms with Crippen LogP contribution in [0.3, 0.4) is 0 Å². The van der Waals surface area contributed by atoms with Crippen LogP contribution in [0.15, 0.2) is 53.4 Å². The molecule has 0 aliphatic carbocycles. The fourth-order valence-electron chi connectivity index (χ4n) is 2.50. The molecule has 0 radical (unpaired) electrons. The van der Waals surface area contributed by atoms with Crippen LogP contribution in [0.25, 0.3) is 0 Å². The molecule has 1 amide bonds. The van der Waals surface area contributed by atoms with Gasteiger partial charge in [0.25, 0.3) is 5.91 Å². The van der Waals surface area contributed by atoms with Gasteiger partial charge >= 0.3 is 0 Å². The highest BCUT2D eigenvalue weighted by Gasteiger charge is 2.11. The minimum absolute atomic E-state index is 0.0523. The summed E-state index contributed by atoms with van der Waals surface area (Å²) in [4.78, 5) is 14.6. The molecular formula is C19H25N2OS+. The zero-order valence-electron chi connectivity index (χ0n) is 14.1. The summed E-state index contributed by atoms with van der Waals surface area (Å²) in [6.07, 6.45) is 3.05. The second-order valence-electron chi connectivity index (χ2n) is 5.76. The normalized spacial score (nSPS) is 12.0. The van der Waals surface area contributed by atoms with E-state index in [0.29, 0.717) is 6.54 Å². The Morgan fingerprint density at radius 2 is 1.87 bits per heavy atom. The molecule has 2 N–H and O–H groups in total. The molecule has 0 aromatic heterocycles. The van der Waals surface area contributed by atoms with E-state index in [0.717, 1.165) is 18.7 Å². The molecule has 2 aromatic carbocycles. The molecule has 1 atom stereocenters. The lowest BCUT2D eigenvalue weighted by Gasteiger charge is -2.14. The summed E-state index contributed by atoms with van der Waals surface area (Å²) >= 11 is 1.74. The number of likely N-dealkylation sites (N-methyl/N-ethyl adjacent to an activating group) is 1. The van der Waals surface area contributed by atoms with Crippen LogP contribution >= 0.6 is 11.8 Å². The lowest BCUT2D eigenvalue weighted by molar-refractivity contribution is -0.885. The average Bonchev–Trinajstić information content (AvgIpc) is 2.55. The summed E-state index contributed by atoms with van der Waals surface area (Å²) in [6.45, 7) is 3.42. The Bertz CT molecular complexity index is 640. The predicted octanol–water partition coefficient (Wildman–Crippen LogP) is 2.62. The van der Waals surface area contributed by atoms with E-state index in [-0.39, 0.29) is 5.91 Å². The van der Waals surface area contributed by atoms with Gasteiger partial charge in [-0.3, -0.25) is 4.79 Å². The Hall–Kier alpha value is -1.78. The van der Waals surface area contributed by atoms with Gasteiger partial charge in [-0.2, -0.15) is 0 Å². The number of anilines is 1. The van der Waals surface area contributed by atoms with Crippen molar-refractivity contribution in [1.29, 1.82) is 0 Å². The van der Waals surface area contributed by atoms with Crippen LogP contribution in [0.4, 0.5) is 5.69 Å². The molecule has 23 heavy (non-hydrogen) atoms. The molecule has 2 rings (SSSR count). The maximum absolute atomic E-state index is 12.2. The summed E-state index contributed by atoms with van der Waals surface area (Å²) in [5, 5.41) is 2.99. The number of thioether (sulfide) groups is 1. The quantitative estimate of drug-likeness (QED) is 0.766. The van der Waals surface area contributed by atoms with Gasteiger partial charge in [0.2, 0.25) is 0 Å². The SMILES string of the molecule is CCc1cccc(NC(=O)C[NH+](C)Cc2ccc(SC)cc2)c1. The number of carbonyl (C=O) groups is 1. The zero-order valence-corrected chi connectivity index (χ0v) is 14.9. The zero-order chi connectivity index (χ0) is 16.7. The summed E-state index contributed by atoms with van der Waals surface area (Å²) < 4.78 is 0. The first-order valence-corrected chi connectivity index (χ1v) is 9.16. The van der Waals surface area contributed by atoms with E-state index < -0.39 is 0 Å². The Balaban J connectivity index is 1.86. The number of quaternary nitrogens is 1. The highest BCUT2D eigenvalue weighted by atomic mass is 32.2. The van der Waals surface area contributed by atoms with Crippen LogP contribution in [0.1, 0.15) is 18.1 Å². The van der Waals surface area contributed by atoms with Crippen LogP contribution in [0.5, 0.6) is 0 Å². The van der Waals surface area contributed by atoms with Gasteiger partial charge in [0.05, 0.1) is 7.05 Å². The van der Waals surface area contributed by atoms with Crippen molar-refractivity contribution < 1.29 is 9.69 Å². The number of benzene rings is 2. The summed E-state index contributed by atoms with van der Waals surface area (Å²) in [7, 11) is 2.05. The third-order valence-electron chi connectivity index (χ3n) is 3.75. The molecule has 0 heterocycles. The Kier molecular flexibility index (Phi) is 6.68. The number of nitrogens with one attached hydrogen (secondary N) is 2. The van der Waals surface area contributed by atoms with Gasteiger partial charge < -0.3 is 10.2 Å². The fourth-order valence-corrected chi connectivity index (χ4v) is 2.91. The monoisotopic (exact) mass is 329 g/mol. The molecule has 0 bridgehead atoms. The van der Waals surface area contributed by atoms with Gasteiger partial charge in [0.15, 0.2) is 6.54 Å². The molecule has 0 saturated heterocycles. The van der Waals surface area contributed by atoms with Gasteiger partial charge in [0, 0.05) is 16.1 Å². The van der Waals surface area contributed by atoms with Gasteiger partial charge in [-0.15, -0.1) is 11.8 Å². The van der Waals surface area contributed by atoms with Crippen molar-refractivity contribution in [2.75, 3.05) is 25.2 Å². The number of rotatable bonds is 7. The molecule has 1 unspecified atom stereocenters. The topological polar surface area (TPSA) is 33.5 Å². The highest BCUT2D eigenvalue weighted by Crippen LogP contribution is 2.14. The first kappa shape index (κ1) is 17.6. The van der Waals surface area contributed by atoms with Crippen LogP contribution in [-0.2, 0) is 17.8 Å². The van der Waals surface area contributed by atoms with E-state index in [1.54, 1.807) is 11.8 Å². The maximum Gasteiger partial charge on any atom is 0.279 e. The number of amides is 1. The van der Waals surface area contributed by atoms with Crippen molar-refractivity contribution >= 4 is 23.4 Å². The highest BCUT2D eigenvalue weighted by molar-refractivity contribution is 7.98. The molecule has 0 spiro atoms. The van der Waals surface area contributed by atoms with Crippen molar-refractivity contribution in [1.82, 2.24) is 0 Å². The van der Waals surface area contributed by atoms with Gasteiger partial charge in [-0.05, 0) is 42.5 Å². The number of hydrogen-bond donors (Lipinski definition) is 2. The molecule has 0 fully saturated rings. The molecule has 3 nitrogen and oxygen atoms in total. The number of aryl methyl sites for hydroxylation is 1. The van der Waals surface area contributed by atoms with Gasteiger partial charge in [-0.25, -0.2) is 0 Å². The molecule has 122 valence electrons. The molecule has 4 heteroatoms. The van der Waals surface area contributed by atoms with Gasteiger partial charge in [0.1, 0.15) is 6.54 Å². The molecule has 0 saturated carbocycles. The van der Waals surface area contributed by atoms with E-state index in [9.17, 15) is 4.79 Å². The minimum Gasteiger partial charge on any atom is -0.326 e. The van der Waals surface area contributed by atoms with Crippen molar-refractivity contribution in [3.63, 3.8) is 0 Å². The van der Waals surface area contributed by atoms with Crippen molar-refractivity contribution in [3.8, 4) is 0 Å². The smallest absolute Gasteiger partial charge is 0.279 e. The maximum atomic E-state index is 12.2. The molecular weight excluding hydrogens is 304 g/mol. The van der Waals surface area contributed by atoms with Crippen molar-refractivity contribution in [2.45, 2.75) is 24.8 Å². The van der Waals surface area contributed by atoms with Crippen LogP contribution < -0.4 is 10.2 Å². The Labute approximate surface area is 143 Å². The summed E-state index contributed by atoms with van der Waals surface area (Å²) in [6, 6.07) is 16.6. The van der Waals surface area contributed by atoms with E-state index in [2.05, 4.69) is 48.8 Å². The Morgan fingerprint density at radius 3 is 2.52 bits per heavy atom. The second-order valence-corrected chi connectivity index (χ2v) is 6.64. The third-order valence-corrected chi connectivity index (χ3v) is 4.49. The number of carbonyl (C=O) groups excluding carboxylic acids is 1. The molecule has 0 aliphatic rings. The average molecular weight is 329 g/mol. The Morgan fingerprint density at radius 1 is 1.13 bits per heavy atom. The molecule has 0 aliphatic heterocycles. The van der Waals surface area contributed by atoms with E-state index in [1.807, 2.05) is 25.2 Å². The van der Waals surface area contributed by atoms with Crippen molar-refractivity contribution in [3.05, 3.63) is 59.7 Å². The predicted molar refractivity (Wildman–Crippen MR) is 98.1 cm³/mol. The minimum atomic E-state index is 0.0523. The standard InChI is InChI=1S/C19H24N2OS/c1-4-15-6-5-7-17(12-15)20-19(22)14-21(2)13-16-8-10-18(23-3)11-9-16/h5-12H,4,13-14H2,1-3H3,(H,20,22)/p+1. The van der Waals surface area contributed by atoms with Crippen molar-refractivity contribution in [2.24, 2.45) is 0 Å². The third kappa shape index (κ3) is 5.73. The molecule has 2 aromatic rings. The fraction of sp³-hybridized carbons (Fsp3) is 0.316. The second kappa shape index (κ2) is 8.75. The largest absolute Gasteiger partial charge is 0.326 e. The van der Waals surface area contributed by atoms with Crippen LogP contribution in [0.2, 0.25) is 0 Å². The lowest BCUT2D eigenvalue weighted by atomic mass is 10.1. The lowest BCUT2D eigenvalue weighted by Crippen LogP contribution is -3.08. The first-order chi connectivity index (χ1) is 11.1. The summed E-state index contributed by atoms with van der Waals surface area (Å²) in [5.41, 5.74) is 3.37. The first-order valence-electron chi connectivity index (χ1n) is 7.93. The van der Waals surface area contributed by atoms with E-state index >= 15 is 0 Å². The van der Waals surface area contributed by atoms with E-state index in [1.165, 1.54) is 20.9 Å². The number of hydrogen-bond acceptors (Lipinski definition) is 2. The van der Waals surface area contributed by atoms with Crippen LogP contribution in [-0.4, -0.2) is 25.8 Å². The summed E-state index contributed by atoms with van der Waals surface area (Å²) in [5.74, 6) is 0.0523. The van der Waals surface area contributed by atoms with Gasteiger partial charge in [-0.1, -0.05) is 31.2 Å². The van der Waals surface area contributed by atoms with E-state index in [4.69, 9.17) is 0 Å².